The highest BCUT2D eigenvalue weighted by molar-refractivity contribution is 7.89. The molecule has 1 heterocycles. The number of sulfonamides is 1. The van der Waals surface area contributed by atoms with E-state index in [0.717, 1.165) is 16.7 Å². The van der Waals surface area contributed by atoms with E-state index in [1.165, 1.54) is 4.31 Å². The van der Waals surface area contributed by atoms with Crippen molar-refractivity contribution in [1.82, 2.24) is 4.31 Å². The fourth-order valence-electron chi connectivity index (χ4n) is 3.73. The Kier molecular flexibility index (Phi) is 6.58. The molecule has 2 aromatic rings. The lowest BCUT2D eigenvalue weighted by Crippen LogP contribution is -2.38. The molecule has 5 nitrogen and oxygen atoms in total. The van der Waals surface area contributed by atoms with Crippen molar-refractivity contribution in [2.45, 2.75) is 50.5 Å². The molecule has 0 saturated carbocycles. The van der Waals surface area contributed by atoms with E-state index in [2.05, 4.69) is 0 Å². The minimum atomic E-state index is -3.58. The summed E-state index contributed by atoms with van der Waals surface area (Å²) in [6, 6.07) is 10.7. The van der Waals surface area contributed by atoms with E-state index in [1.807, 2.05) is 32.0 Å². The molecule has 7 heteroatoms. The Balaban J connectivity index is 1.69. The van der Waals surface area contributed by atoms with Gasteiger partial charge in [0, 0.05) is 18.1 Å². The van der Waals surface area contributed by atoms with Crippen molar-refractivity contribution in [1.29, 1.82) is 0 Å². The first-order valence-electron chi connectivity index (χ1n) is 9.80. The van der Waals surface area contributed by atoms with Crippen LogP contribution in [0, 0.1) is 20.8 Å². The third kappa shape index (κ3) is 4.94. The molecule has 1 aliphatic heterocycles. The molecule has 0 spiro atoms. The van der Waals surface area contributed by atoms with Gasteiger partial charge in [0.1, 0.15) is 12.4 Å². The van der Waals surface area contributed by atoms with E-state index in [4.69, 9.17) is 16.3 Å². The lowest BCUT2D eigenvalue weighted by molar-refractivity contribution is -0.0156. The first kappa shape index (κ1) is 22.1. The third-order valence-corrected chi connectivity index (χ3v) is 8.16. The SMILES string of the molecule is Cc1ccccc1S(=O)(=O)N1CCCC(O)(COc2cc(C)c(Cl)c(C)c2)CC1. The van der Waals surface area contributed by atoms with E-state index in [-0.39, 0.29) is 13.2 Å². The molecule has 0 radical (unpaired) electrons. The maximum absolute atomic E-state index is 13.1. The van der Waals surface area contributed by atoms with E-state index in [0.29, 0.717) is 41.5 Å². The lowest BCUT2D eigenvalue weighted by Gasteiger charge is -2.27. The van der Waals surface area contributed by atoms with Crippen molar-refractivity contribution in [3.05, 3.63) is 58.1 Å². The van der Waals surface area contributed by atoms with E-state index in [1.54, 1.807) is 25.1 Å². The summed E-state index contributed by atoms with van der Waals surface area (Å²) in [6.07, 6.45) is 1.38. The van der Waals surface area contributed by atoms with Gasteiger partial charge in [-0.1, -0.05) is 29.8 Å². The molecule has 1 fully saturated rings. The molecule has 3 rings (SSSR count). The molecule has 1 saturated heterocycles. The van der Waals surface area contributed by atoms with Gasteiger partial charge in [-0.3, -0.25) is 0 Å². The van der Waals surface area contributed by atoms with Crippen LogP contribution in [0.2, 0.25) is 5.02 Å². The summed E-state index contributed by atoms with van der Waals surface area (Å²) in [6.45, 7) is 6.39. The van der Waals surface area contributed by atoms with Gasteiger partial charge in [-0.2, -0.15) is 4.31 Å². The van der Waals surface area contributed by atoms with Gasteiger partial charge < -0.3 is 9.84 Å². The van der Waals surface area contributed by atoms with Gasteiger partial charge in [0.25, 0.3) is 0 Å². The van der Waals surface area contributed by atoms with E-state index in [9.17, 15) is 13.5 Å². The smallest absolute Gasteiger partial charge is 0.243 e. The van der Waals surface area contributed by atoms with Crippen LogP contribution in [0.5, 0.6) is 5.75 Å². The Bertz CT molecular complexity index is 969. The number of nitrogens with zero attached hydrogens (tertiary/aromatic N) is 1. The fraction of sp³-hybridized carbons (Fsp3) is 0.455. The van der Waals surface area contributed by atoms with Crippen molar-refractivity contribution in [2.24, 2.45) is 0 Å². The summed E-state index contributed by atoms with van der Waals surface area (Å²) in [5.74, 6) is 0.659. The quantitative estimate of drug-likeness (QED) is 0.759. The Morgan fingerprint density at radius 2 is 1.72 bits per heavy atom. The molecule has 1 aliphatic rings. The number of hydrogen-bond donors (Lipinski definition) is 1. The van der Waals surface area contributed by atoms with Gasteiger partial charge in [-0.25, -0.2) is 8.42 Å². The average molecular weight is 438 g/mol. The molecule has 1 atom stereocenters. The molecular weight excluding hydrogens is 410 g/mol. The average Bonchev–Trinajstić information content (AvgIpc) is 2.87. The van der Waals surface area contributed by atoms with Gasteiger partial charge >= 0.3 is 0 Å². The predicted molar refractivity (Wildman–Crippen MR) is 115 cm³/mol. The number of benzene rings is 2. The highest BCUT2D eigenvalue weighted by atomic mass is 35.5. The van der Waals surface area contributed by atoms with Crippen LogP contribution in [0.4, 0.5) is 0 Å². The zero-order valence-corrected chi connectivity index (χ0v) is 18.7. The van der Waals surface area contributed by atoms with Crippen molar-refractivity contribution in [3.8, 4) is 5.75 Å². The third-order valence-electron chi connectivity index (χ3n) is 5.51. The highest BCUT2D eigenvalue weighted by Gasteiger charge is 2.35. The molecule has 1 N–H and O–H groups in total. The summed E-state index contributed by atoms with van der Waals surface area (Å²) in [5, 5.41) is 11.8. The zero-order valence-electron chi connectivity index (χ0n) is 17.1. The van der Waals surface area contributed by atoms with Crippen molar-refractivity contribution in [2.75, 3.05) is 19.7 Å². The Labute approximate surface area is 178 Å². The Hall–Kier alpha value is -1.60. The zero-order chi connectivity index (χ0) is 21.2. The number of ether oxygens (including phenoxy) is 1. The number of rotatable bonds is 5. The number of aliphatic hydroxyl groups is 1. The minimum absolute atomic E-state index is 0.117. The molecule has 0 aromatic heterocycles. The summed E-state index contributed by atoms with van der Waals surface area (Å²) >= 11 is 6.20. The summed E-state index contributed by atoms with van der Waals surface area (Å²) in [7, 11) is -3.58. The van der Waals surface area contributed by atoms with Gasteiger partial charge in [0.15, 0.2) is 0 Å². The molecule has 1 unspecified atom stereocenters. The predicted octanol–water partition coefficient (Wildman–Crippen LogP) is 4.25. The first-order chi connectivity index (χ1) is 13.6. The Morgan fingerprint density at radius 1 is 1.07 bits per heavy atom. The van der Waals surface area contributed by atoms with Crippen LogP contribution >= 0.6 is 11.6 Å². The van der Waals surface area contributed by atoms with Crippen LogP contribution in [0.25, 0.3) is 0 Å². The standard InChI is InChI=1S/C22H28ClNO4S/c1-16-7-4-5-8-20(16)29(26,27)24-11-6-9-22(25,10-12-24)15-28-19-13-17(2)21(23)18(3)14-19/h4-5,7-8,13-14,25H,6,9-12,15H2,1-3H3. The van der Waals surface area contributed by atoms with Crippen molar-refractivity contribution < 1.29 is 18.3 Å². The number of aryl methyl sites for hydroxylation is 3. The highest BCUT2D eigenvalue weighted by Crippen LogP contribution is 2.30. The normalized spacial score (nSPS) is 21.0. The van der Waals surface area contributed by atoms with Gasteiger partial charge in [-0.05, 0) is 74.9 Å². The van der Waals surface area contributed by atoms with Crippen LogP contribution < -0.4 is 4.74 Å². The molecule has 158 valence electrons. The second kappa shape index (κ2) is 8.64. The topological polar surface area (TPSA) is 66.8 Å². The lowest BCUT2D eigenvalue weighted by atomic mass is 9.96. The molecule has 0 bridgehead atoms. The van der Waals surface area contributed by atoms with Crippen LogP contribution in [-0.2, 0) is 10.0 Å². The second-order valence-corrected chi connectivity index (χ2v) is 10.2. The minimum Gasteiger partial charge on any atom is -0.491 e. The molecule has 29 heavy (non-hydrogen) atoms. The van der Waals surface area contributed by atoms with Gasteiger partial charge in [-0.15, -0.1) is 0 Å². The van der Waals surface area contributed by atoms with Crippen LogP contribution in [0.3, 0.4) is 0 Å². The summed E-state index contributed by atoms with van der Waals surface area (Å²) < 4.78 is 33.5. The maximum Gasteiger partial charge on any atom is 0.243 e. The maximum atomic E-state index is 13.1. The first-order valence-corrected chi connectivity index (χ1v) is 11.6. The number of hydrogen-bond acceptors (Lipinski definition) is 4. The monoisotopic (exact) mass is 437 g/mol. The van der Waals surface area contributed by atoms with Crippen LogP contribution in [0.15, 0.2) is 41.3 Å². The molecule has 0 amide bonds. The number of halogens is 1. The second-order valence-electron chi connectivity index (χ2n) is 7.91. The Morgan fingerprint density at radius 3 is 2.38 bits per heavy atom. The van der Waals surface area contributed by atoms with E-state index < -0.39 is 15.6 Å². The molecule has 0 aliphatic carbocycles. The van der Waals surface area contributed by atoms with E-state index >= 15 is 0 Å². The van der Waals surface area contributed by atoms with Crippen molar-refractivity contribution in [3.63, 3.8) is 0 Å². The van der Waals surface area contributed by atoms with Gasteiger partial charge in [0.2, 0.25) is 10.0 Å². The van der Waals surface area contributed by atoms with Gasteiger partial charge in [0.05, 0.1) is 10.5 Å². The van der Waals surface area contributed by atoms with Crippen LogP contribution in [0.1, 0.15) is 36.0 Å². The molecular formula is C22H28ClNO4S. The fourth-order valence-corrected chi connectivity index (χ4v) is 5.54. The van der Waals surface area contributed by atoms with Crippen LogP contribution in [-0.4, -0.2) is 43.1 Å². The molecule has 2 aromatic carbocycles. The summed E-state index contributed by atoms with van der Waals surface area (Å²) in [5.41, 5.74) is 1.50. The summed E-state index contributed by atoms with van der Waals surface area (Å²) in [4.78, 5) is 0.328. The largest absolute Gasteiger partial charge is 0.491 e. The van der Waals surface area contributed by atoms with Crippen molar-refractivity contribution >= 4 is 21.6 Å².